The molecule has 3 aromatic rings. The van der Waals surface area contributed by atoms with Crippen LogP contribution in [0, 0.1) is 0 Å². The van der Waals surface area contributed by atoms with Crippen LogP contribution in [-0.4, -0.2) is 24.2 Å². The topological polar surface area (TPSA) is 44.2 Å². The summed E-state index contributed by atoms with van der Waals surface area (Å²) in [5.74, 6) is 1.37. The molecule has 3 rings (SSSR count). The Morgan fingerprint density at radius 2 is 1.10 bits per heavy atom. The van der Waals surface area contributed by atoms with E-state index >= 15 is 0 Å². The Morgan fingerprint density at radius 1 is 0.700 bits per heavy atom. The molecule has 1 aromatic heterocycles. The molecule has 0 amide bonds. The van der Waals surface area contributed by atoms with Gasteiger partial charge in [0.15, 0.2) is 0 Å². The fourth-order valence-electron chi connectivity index (χ4n) is 2.05. The van der Waals surface area contributed by atoms with Crippen LogP contribution in [0.1, 0.15) is 0 Å². The fourth-order valence-corrected chi connectivity index (χ4v) is 2.87. The Kier molecular flexibility index (Phi) is 3.52. The zero-order valence-corrected chi connectivity index (χ0v) is 13.9. The lowest BCUT2D eigenvalue weighted by atomic mass is 10.2. The van der Waals surface area contributed by atoms with Crippen molar-refractivity contribution in [3.8, 4) is 11.5 Å². The molecule has 0 saturated heterocycles. The van der Waals surface area contributed by atoms with E-state index < -0.39 is 0 Å². The molecule has 0 fully saturated rings. The summed E-state index contributed by atoms with van der Waals surface area (Å²) in [5, 5.41) is 0. The molecule has 0 aliphatic rings. The normalized spacial score (nSPS) is 11.0. The van der Waals surface area contributed by atoms with Crippen molar-refractivity contribution in [2.75, 3.05) is 14.2 Å². The summed E-state index contributed by atoms with van der Waals surface area (Å²) in [6.07, 6.45) is 0. The van der Waals surface area contributed by atoms with Gasteiger partial charge in [-0.1, -0.05) is 0 Å². The van der Waals surface area contributed by atoms with Crippen molar-refractivity contribution in [3.05, 3.63) is 33.2 Å². The maximum atomic E-state index is 5.36. The van der Waals surface area contributed by atoms with Crippen LogP contribution in [0.4, 0.5) is 0 Å². The molecule has 102 valence electrons. The number of hydrogen-bond acceptors (Lipinski definition) is 4. The molecule has 0 saturated carbocycles. The van der Waals surface area contributed by atoms with Crippen LogP contribution in [0.15, 0.2) is 33.2 Å². The van der Waals surface area contributed by atoms with Crippen molar-refractivity contribution >= 4 is 53.9 Å². The van der Waals surface area contributed by atoms with Crippen LogP contribution >= 0.6 is 31.9 Å². The van der Waals surface area contributed by atoms with Gasteiger partial charge in [0.1, 0.15) is 33.6 Å². The Balaban J connectivity index is 2.52. The number of fused-ring (bicyclic) bond motifs is 2. The lowest BCUT2D eigenvalue weighted by molar-refractivity contribution is 0.417. The van der Waals surface area contributed by atoms with Crippen LogP contribution in [0.25, 0.3) is 22.1 Å². The predicted molar refractivity (Wildman–Crippen MR) is 85.5 cm³/mol. The van der Waals surface area contributed by atoms with E-state index in [2.05, 4.69) is 41.8 Å². The molecule has 20 heavy (non-hydrogen) atoms. The third-order valence-corrected chi connectivity index (χ3v) is 4.30. The summed E-state index contributed by atoms with van der Waals surface area (Å²) in [7, 11) is 3.24. The first-order valence-corrected chi connectivity index (χ1v) is 7.40. The van der Waals surface area contributed by atoms with Crippen molar-refractivity contribution in [2.24, 2.45) is 0 Å². The summed E-state index contributed by atoms with van der Waals surface area (Å²) in [5.41, 5.74) is 2.91. The second kappa shape index (κ2) is 5.18. The predicted octanol–water partition coefficient (Wildman–Crippen LogP) is 4.33. The van der Waals surface area contributed by atoms with Crippen LogP contribution in [0.3, 0.4) is 0 Å². The van der Waals surface area contributed by atoms with Gasteiger partial charge in [-0.15, -0.1) is 0 Å². The summed E-state index contributed by atoms with van der Waals surface area (Å²) < 4.78 is 12.4. The Morgan fingerprint density at radius 3 is 1.45 bits per heavy atom. The van der Waals surface area contributed by atoms with Crippen LogP contribution in [0.2, 0.25) is 0 Å². The maximum Gasteiger partial charge on any atom is 0.146 e. The lowest BCUT2D eigenvalue weighted by Gasteiger charge is -2.10. The Bertz CT molecular complexity index is 752. The molecule has 4 nitrogen and oxygen atoms in total. The molecule has 2 aromatic carbocycles. The Hall–Kier alpha value is -1.40. The van der Waals surface area contributed by atoms with Gasteiger partial charge in [0.05, 0.1) is 14.2 Å². The zero-order chi connectivity index (χ0) is 14.3. The van der Waals surface area contributed by atoms with Crippen molar-refractivity contribution < 1.29 is 9.47 Å². The minimum absolute atomic E-state index is 0.687. The minimum Gasteiger partial charge on any atom is -0.494 e. The summed E-state index contributed by atoms with van der Waals surface area (Å²) in [6.45, 7) is 0. The second-order valence-electron chi connectivity index (χ2n) is 4.12. The summed E-state index contributed by atoms with van der Waals surface area (Å²) in [6, 6.07) is 7.51. The maximum absolute atomic E-state index is 5.36. The molecule has 0 spiro atoms. The molecule has 0 radical (unpaired) electrons. The third-order valence-electron chi connectivity index (χ3n) is 3.02. The van der Waals surface area contributed by atoms with Gasteiger partial charge in [-0.3, -0.25) is 0 Å². The highest BCUT2D eigenvalue weighted by Crippen LogP contribution is 2.35. The van der Waals surface area contributed by atoms with Gasteiger partial charge in [0.25, 0.3) is 0 Å². The molecule has 0 bridgehead atoms. The molecule has 0 aliphatic carbocycles. The molecule has 0 aliphatic heterocycles. The van der Waals surface area contributed by atoms with E-state index in [0.29, 0.717) is 22.5 Å². The lowest BCUT2D eigenvalue weighted by Crippen LogP contribution is -1.95. The smallest absolute Gasteiger partial charge is 0.146 e. The number of benzene rings is 2. The SMILES string of the molecule is COc1ccc(Br)c2nc3c(OC)ccc(Br)c3nc12. The van der Waals surface area contributed by atoms with Gasteiger partial charge in [0, 0.05) is 8.95 Å². The van der Waals surface area contributed by atoms with Gasteiger partial charge in [-0.25, -0.2) is 9.97 Å². The van der Waals surface area contributed by atoms with E-state index in [9.17, 15) is 0 Å². The standard InChI is InChI=1S/C14H10Br2N2O2/c1-19-9-5-3-7(15)11-13(9)17-12-8(16)4-6-10(20-2)14(12)18-11/h3-6H,1-2H3. The van der Waals surface area contributed by atoms with E-state index in [1.165, 1.54) is 0 Å². The Labute approximate surface area is 132 Å². The molecule has 0 N–H and O–H groups in total. The number of aromatic nitrogens is 2. The third kappa shape index (κ3) is 2.03. The molecule has 0 atom stereocenters. The van der Waals surface area contributed by atoms with Gasteiger partial charge in [0.2, 0.25) is 0 Å². The molecule has 1 heterocycles. The largest absolute Gasteiger partial charge is 0.494 e. The van der Waals surface area contributed by atoms with Crippen LogP contribution in [-0.2, 0) is 0 Å². The molecular formula is C14H10Br2N2O2. The number of rotatable bonds is 2. The van der Waals surface area contributed by atoms with Crippen molar-refractivity contribution in [1.82, 2.24) is 9.97 Å². The van der Waals surface area contributed by atoms with Crippen LogP contribution < -0.4 is 9.47 Å². The highest BCUT2D eigenvalue weighted by Gasteiger charge is 2.14. The van der Waals surface area contributed by atoms with Crippen molar-refractivity contribution in [2.45, 2.75) is 0 Å². The zero-order valence-electron chi connectivity index (χ0n) is 10.8. The average molecular weight is 398 g/mol. The number of methoxy groups -OCH3 is 2. The van der Waals surface area contributed by atoms with E-state index in [1.807, 2.05) is 24.3 Å². The van der Waals surface area contributed by atoms with Gasteiger partial charge >= 0.3 is 0 Å². The monoisotopic (exact) mass is 396 g/mol. The summed E-state index contributed by atoms with van der Waals surface area (Å²) >= 11 is 7.00. The first-order valence-electron chi connectivity index (χ1n) is 5.82. The highest BCUT2D eigenvalue weighted by atomic mass is 79.9. The first kappa shape index (κ1) is 13.6. The first-order chi connectivity index (χ1) is 9.65. The minimum atomic E-state index is 0.687. The van der Waals surface area contributed by atoms with Gasteiger partial charge in [-0.05, 0) is 56.1 Å². The fraction of sp³-hybridized carbons (Fsp3) is 0.143. The van der Waals surface area contributed by atoms with E-state index in [1.54, 1.807) is 14.2 Å². The van der Waals surface area contributed by atoms with Crippen LogP contribution in [0.5, 0.6) is 11.5 Å². The van der Waals surface area contributed by atoms with Gasteiger partial charge in [-0.2, -0.15) is 0 Å². The molecule has 6 heteroatoms. The average Bonchev–Trinajstić information content (AvgIpc) is 2.47. The number of hydrogen-bond donors (Lipinski definition) is 0. The van der Waals surface area contributed by atoms with E-state index in [4.69, 9.17) is 9.47 Å². The van der Waals surface area contributed by atoms with E-state index in [-0.39, 0.29) is 0 Å². The summed E-state index contributed by atoms with van der Waals surface area (Å²) in [4.78, 5) is 9.35. The number of nitrogens with zero attached hydrogens (tertiary/aromatic N) is 2. The van der Waals surface area contributed by atoms with E-state index in [0.717, 1.165) is 20.0 Å². The van der Waals surface area contributed by atoms with Crippen molar-refractivity contribution in [3.63, 3.8) is 0 Å². The quantitative estimate of drug-likeness (QED) is 0.604. The second-order valence-corrected chi connectivity index (χ2v) is 5.83. The van der Waals surface area contributed by atoms with Crippen molar-refractivity contribution in [1.29, 1.82) is 0 Å². The molecular weight excluding hydrogens is 388 g/mol. The molecule has 0 unspecified atom stereocenters. The highest BCUT2D eigenvalue weighted by molar-refractivity contribution is 9.11. The number of ether oxygens (including phenoxy) is 2. The van der Waals surface area contributed by atoms with Gasteiger partial charge < -0.3 is 9.47 Å². The number of halogens is 2.